The molecule has 0 unspecified atom stereocenters. The Morgan fingerprint density at radius 1 is 0.723 bits per heavy atom. The van der Waals surface area contributed by atoms with Crippen molar-refractivity contribution in [1.82, 2.24) is 0 Å². The quantitative estimate of drug-likeness (QED) is 0.165. The Morgan fingerprint density at radius 2 is 1.34 bits per heavy atom. The van der Waals surface area contributed by atoms with Gasteiger partial charge in [-0.1, -0.05) is 86.9 Å². The van der Waals surface area contributed by atoms with E-state index in [0.717, 1.165) is 62.8 Å². The lowest BCUT2D eigenvalue weighted by Gasteiger charge is -2.31. The first-order chi connectivity index (χ1) is 22.5. The zero-order chi connectivity index (χ0) is 34.5. The van der Waals surface area contributed by atoms with Crippen LogP contribution in [0.5, 0.6) is 0 Å². The largest absolute Gasteiger partial charge is 0.310 e. The fraction of sp³-hybridized carbons (Fsp3) is 0.200. The van der Waals surface area contributed by atoms with E-state index in [1.807, 2.05) is 19.1 Å². The SMILES string of the molecule is C=C\C=C/C(=C\C)C(/C)=C/C=C(\C=C)N(C(/C=C\CC)=C/C(=C)C)c1cc(C)cc(N(c2cccc(C)c2)c2cc(C)cc(C)c2)c1. The lowest BCUT2D eigenvalue weighted by Crippen LogP contribution is -2.21. The van der Waals surface area contributed by atoms with E-state index in [2.05, 4.69) is 181 Å². The second kappa shape index (κ2) is 17.6. The minimum atomic E-state index is 0.917. The molecular formula is C45H52N2. The molecule has 0 aliphatic rings. The predicted octanol–water partition coefficient (Wildman–Crippen LogP) is 13.3. The van der Waals surface area contributed by atoms with Crippen LogP contribution in [0.1, 0.15) is 56.4 Å². The van der Waals surface area contributed by atoms with Crippen LogP contribution in [0.2, 0.25) is 0 Å². The molecule has 242 valence electrons. The molecule has 0 bridgehead atoms. The Bertz CT molecular complexity index is 1760. The van der Waals surface area contributed by atoms with Crippen molar-refractivity contribution >= 4 is 22.7 Å². The molecule has 3 aromatic rings. The average molecular weight is 621 g/mol. The number of anilines is 4. The van der Waals surface area contributed by atoms with Crippen LogP contribution in [0.15, 0.2) is 169 Å². The maximum Gasteiger partial charge on any atom is 0.0485 e. The Hall–Kier alpha value is -5.08. The molecule has 0 atom stereocenters. The highest BCUT2D eigenvalue weighted by Gasteiger charge is 2.19. The van der Waals surface area contributed by atoms with Crippen molar-refractivity contribution in [2.75, 3.05) is 9.80 Å². The summed E-state index contributed by atoms with van der Waals surface area (Å²) in [4.78, 5) is 4.64. The van der Waals surface area contributed by atoms with Gasteiger partial charge in [0.05, 0.1) is 0 Å². The van der Waals surface area contributed by atoms with Gasteiger partial charge in [-0.3, -0.25) is 0 Å². The summed E-state index contributed by atoms with van der Waals surface area (Å²) in [6, 6.07) is 22.2. The molecule has 0 N–H and O–H groups in total. The van der Waals surface area contributed by atoms with Crippen molar-refractivity contribution in [3.8, 4) is 0 Å². The van der Waals surface area contributed by atoms with Gasteiger partial charge >= 0.3 is 0 Å². The Kier molecular flexibility index (Phi) is 13.6. The van der Waals surface area contributed by atoms with Crippen LogP contribution in [0, 0.1) is 27.7 Å². The van der Waals surface area contributed by atoms with Gasteiger partial charge in [0.2, 0.25) is 0 Å². The lowest BCUT2D eigenvalue weighted by atomic mass is 10.0. The molecule has 3 aromatic carbocycles. The van der Waals surface area contributed by atoms with Gasteiger partial charge < -0.3 is 9.80 Å². The highest BCUT2D eigenvalue weighted by atomic mass is 15.2. The maximum atomic E-state index is 4.28. The fourth-order valence-electron chi connectivity index (χ4n) is 5.59. The van der Waals surface area contributed by atoms with Crippen molar-refractivity contribution < 1.29 is 0 Å². The zero-order valence-electron chi connectivity index (χ0n) is 29.8. The van der Waals surface area contributed by atoms with E-state index >= 15 is 0 Å². The third kappa shape index (κ3) is 10.2. The molecule has 0 amide bonds. The van der Waals surface area contributed by atoms with Gasteiger partial charge in [-0.2, -0.15) is 0 Å². The monoisotopic (exact) mass is 620 g/mol. The number of aryl methyl sites for hydroxylation is 4. The summed E-state index contributed by atoms with van der Waals surface area (Å²) in [5, 5.41) is 0. The number of allylic oxidation sites excluding steroid dienone is 13. The van der Waals surface area contributed by atoms with E-state index in [1.165, 1.54) is 16.7 Å². The van der Waals surface area contributed by atoms with Gasteiger partial charge in [0.15, 0.2) is 0 Å². The van der Waals surface area contributed by atoms with Crippen LogP contribution in [0.3, 0.4) is 0 Å². The van der Waals surface area contributed by atoms with Crippen LogP contribution >= 0.6 is 0 Å². The number of hydrogen-bond acceptors (Lipinski definition) is 2. The molecule has 0 saturated carbocycles. The van der Waals surface area contributed by atoms with E-state index in [9.17, 15) is 0 Å². The number of benzene rings is 3. The summed E-state index contributed by atoms with van der Waals surface area (Å²) < 4.78 is 0. The maximum absolute atomic E-state index is 4.28. The van der Waals surface area contributed by atoms with E-state index in [1.54, 1.807) is 6.08 Å². The number of hydrogen-bond donors (Lipinski definition) is 0. The van der Waals surface area contributed by atoms with E-state index in [-0.39, 0.29) is 0 Å². The normalized spacial score (nSPS) is 12.9. The van der Waals surface area contributed by atoms with E-state index in [4.69, 9.17) is 0 Å². The first kappa shape index (κ1) is 36.4. The van der Waals surface area contributed by atoms with Crippen LogP contribution in [-0.4, -0.2) is 0 Å². The highest BCUT2D eigenvalue weighted by Crippen LogP contribution is 2.40. The summed E-state index contributed by atoms with van der Waals surface area (Å²) in [5.74, 6) is 0. The summed E-state index contributed by atoms with van der Waals surface area (Å²) in [6.45, 7) is 29.3. The molecular weight excluding hydrogens is 569 g/mol. The van der Waals surface area contributed by atoms with Crippen molar-refractivity contribution in [3.05, 3.63) is 192 Å². The van der Waals surface area contributed by atoms with Gasteiger partial charge in [0.25, 0.3) is 0 Å². The van der Waals surface area contributed by atoms with Crippen molar-refractivity contribution in [3.63, 3.8) is 0 Å². The van der Waals surface area contributed by atoms with Gasteiger partial charge in [-0.25, -0.2) is 0 Å². The lowest BCUT2D eigenvalue weighted by molar-refractivity contribution is 1.12. The second-order valence-corrected chi connectivity index (χ2v) is 12.1. The Balaban J connectivity index is 2.38. The molecule has 0 fully saturated rings. The molecule has 2 nitrogen and oxygen atoms in total. The van der Waals surface area contributed by atoms with Crippen LogP contribution < -0.4 is 9.80 Å². The van der Waals surface area contributed by atoms with Gasteiger partial charge in [0, 0.05) is 34.1 Å². The van der Waals surface area contributed by atoms with Crippen molar-refractivity contribution in [2.45, 2.75) is 61.8 Å². The molecule has 0 spiro atoms. The average Bonchev–Trinajstić information content (AvgIpc) is 3.01. The smallest absolute Gasteiger partial charge is 0.0485 e. The summed E-state index contributed by atoms with van der Waals surface area (Å²) in [5.41, 5.74) is 14.4. The van der Waals surface area contributed by atoms with Crippen molar-refractivity contribution in [2.24, 2.45) is 0 Å². The standard InChI is InChI=1S/C45H52N2/c1-12-16-20-39(14-3)38(11)23-24-40(15-4)46(41(21-17-13-2)25-33(5)6)44-30-37(10)31-45(32-44)47(42-22-18-19-34(7)27-42)43-28-35(8)26-36(9)29-43/h12,14-32H,1,4-5,13H2,2-3,6-11H3/b20-16-,21-17-,38-23+,39-14+,40-24+,41-25+. The highest BCUT2D eigenvalue weighted by molar-refractivity contribution is 5.81. The van der Waals surface area contributed by atoms with Gasteiger partial charge in [-0.15, -0.1) is 0 Å². The van der Waals surface area contributed by atoms with E-state index < -0.39 is 0 Å². The third-order valence-electron chi connectivity index (χ3n) is 7.61. The molecule has 0 heterocycles. The number of nitrogens with zero attached hydrogens (tertiary/aromatic N) is 2. The third-order valence-corrected chi connectivity index (χ3v) is 7.61. The minimum Gasteiger partial charge on any atom is -0.310 e. The summed E-state index contributed by atoms with van der Waals surface area (Å²) in [7, 11) is 0. The molecule has 0 saturated heterocycles. The van der Waals surface area contributed by atoms with E-state index in [0.29, 0.717) is 0 Å². The fourth-order valence-corrected chi connectivity index (χ4v) is 5.59. The van der Waals surface area contributed by atoms with Crippen molar-refractivity contribution in [1.29, 1.82) is 0 Å². The Morgan fingerprint density at radius 3 is 1.91 bits per heavy atom. The molecule has 3 rings (SSSR count). The zero-order valence-corrected chi connectivity index (χ0v) is 29.8. The molecule has 0 aliphatic carbocycles. The molecule has 0 aromatic heterocycles. The Labute approximate surface area is 285 Å². The molecule has 0 aliphatic heterocycles. The summed E-state index contributed by atoms with van der Waals surface area (Å²) >= 11 is 0. The summed E-state index contributed by atoms with van der Waals surface area (Å²) in [6.07, 6.45) is 21.6. The van der Waals surface area contributed by atoms with Gasteiger partial charge in [0.1, 0.15) is 0 Å². The van der Waals surface area contributed by atoms with Crippen LogP contribution in [0.4, 0.5) is 22.7 Å². The van der Waals surface area contributed by atoms with Gasteiger partial charge in [-0.05, 0) is 155 Å². The number of rotatable bonds is 14. The predicted molar refractivity (Wildman–Crippen MR) is 210 cm³/mol. The van der Waals surface area contributed by atoms with Crippen LogP contribution in [-0.2, 0) is 0 Å². The first-order valence-corrected chi connectivity index (χ1v) is 16.4. The molecule has 2 heteroatoms. The first-order valence-electron chi connectivity index (χ1n) is 16.4. The topological polar surface area (TPSA) is 6.48 Å². The minimum absolute atomic E-state index is 0.917. The molecule has 47 heavy (non-hydrogen) atoms. The van der Waals surface area contributed by atoms with Crippen LogP contribution in [0.25, 0.3) is 0 Å². The molecule has 0 radical (unpaired) electrons. The second-order valence-electron chi connectivity index (χ2n) is 12.1.